The topological polar surface area (TPSA) is 44.0 Å². The van der Waals surface area contributed by atoms with E-state index >= 15 is 0 Å². The zero-order valence-corrected chi connectivity index (χ0v) is 16.0. The minimum absolute atomic E-state index is 0.0144. The van der Waals surface area contributed by atoms with Crippen LogP contribution in [0.4, 0.5) is 0 Å². The molecule has 136 valence electrons. The van der Waals surface area contributed by atoms with Crippen LogP contribution in [0, 0.1) is 0 Å². The number of aromatic nitrogens is 2. The molecule has 0 radical (unpaired) electrons. The smallest absolute Gasteiger partial charge is 0.227 e. The number of carbonyl (C=O) groups excluding carboxylic acids is 2. The van der Waals surface area contributed by atoms with Gasteiger partial charge in [0.1, 0.15) is 0 Å². The average Bonchev–Trinajstić information content (AvgIpc) is 3.22. The lowest BCUT2D eigenvalue weighted by Crippen LogP contribution is -2.18. The van der Waals surface area contributed by atoms with Gasteiger partial charge >= 0.3 is 0 Å². The van der Waals surface area contributed by atoms with E-state index in [0.29, 0.717) is 0 Å². The average molecular weight is 358 g/mol. The van der Waals surface area contributed by atoms with E-state index in [-0.39, 0.29) is 17.2 Å². The quantitative estimate of drug-likeness (QED) is 0.492. The Hall–Kier alpha value is -3.14. The normalized spacial score (nSPS) is 12.0. The van der Waals surface area contributed by atoms with E-state index in [1.54, 1.807) is 23.0 Å². The van der Waals surface area contributed by atoms with Gasteiger partial charge in [-0.2, -0.15) is 0 Å². The van der Waals surface area contributed by atoms with E-state index in [1.807, 2.05) is 48.8 Å². The van der Waals surface area contributed by atoms with Gasteiger partial charge in [-0.1, -0.05) is 50.2 Å². The molecule has 27 heavy (non-hydrogen) atoms. The molecule has 0 bridgehead atoms. The van der Waals surface area contributed by atoms with Gasteiger partial charge in [0.05, 0.1) is 11.0 Å². The third-order valence-electron chi connectivity index (χ3n) is 5.45. The largest absolute Gasteiger partial charge is 0.287 e. The van der Waals surface area contributed by atoms with Crippen LogP contribution in [0.2, 0.25) is 0 Å². The molecule has 0 spiro atoms. The third kappa shape index (κ3) is 2.52. The standard InChI is InChI=1S/C23H22N2O2/c1-15(26)24-13-19(17-9-5-7-11-21(17)24)23(3,4)20-14-25(16(2)27)22-12-8-6-10-18(20)22/h5-14H,1-4H3. The number of hydrogen-bond donors (Lipinski definition) is 0. The molecule has 0 N–H and O–H groups in total. The Morgan fingerprint density at radius 2 is 1.07 bits per heavy atom. The maximum absolute atomic E-state index is 12.2. The molecule has 0 aliphatic heterocycles. The fraction of sp³-hybridized carbons (Fsp3) is 0.217. The molecule has 4 nitrogen and oxygen atoms in total. The van der Waals surface area contributed by atoms with Crippen molar-refractivity contribution >= 4 is 33.6 Å². The number of hydrogen-bond acceptors (Lipinski definition) is 2. The second-order valence-electron chi connectivity index (χ2n) is 7.52. The highest BCUT2D eigenvalue weighted by Gasteiger charge is 2.31. The van der Waals surface area contributed by atoms with E-state index in [1.165, 1.54) is 0 Å². The molecule has 0 aliphatic rings. The molecule has 2 aromatic carbocycles. The van der Waals surface area contributed by atoms with Crippen LogP contribution in [-0.2, 0) is 5.41 Å². The van der Waals surface area contributed by atoms with Crippen LogP contribution in [0.5, 0.6) is 0 Å². The van der Waals surface area contributed by atoms with E-state index < -0.39 is 0 Å². The Labute approximate surface area is 158 Å². The molecular formula is C23H22N2O2. The van der Waals surface area contributed by atoms with Crippen LogP contribution < -0.4 is 0 Å². The summed E-state index contributed by atoms with van der Waals surface area (Å²) in [6.45, 7) is 7.44. The monoisotopic (exact) mass is 358 g/mol. The Bertz CT molecular complexity index is 1110. The Kier molecular flexibility index (Phi) is 3.81. The van der Waals surface area contributed by atoms with Gasteiger partial charge in [0, 0.05) is 42.4 Å². The Morgan fingerprint density at radius 1 is 0.704 bits per heavy atom. The van der Waals surface area contributed by atoms with Crippen molar-refractivity contribution in [3.8, 4) is 0 Å². The van der Waals surface area contributed by atoms with Gasteiger partial charge in [-0.25, -0.2) is 0 Å². The Balaban J connectivity index is 2.04. The van der Waals surface area contributed by atoms with Crippen molar-refractivity contribution in [2.75, 3.05) is 0 Å². The van der Waals surface area contributed by atoms with E-state index in [9.17, 15) is 9.59 Å². The number of para-hydroxylation sites is 2. The summed E-state index contributed by atoms with van der Waals surface area (Å²) in [6.07, 6.45) is 3.87. The van der Waals surface area contributed by atoms with Crippen molar-refractivity contribution in [2.24, 2.45) is 0 Å². The van der Waals surface area contributed by atoms with Gasteiger partial charge in [0.2, 0.25) is 11.8 Å². The van der Waals surface area contributed by atoms with Crippen molar-refractivity contribution < 1.29 is 9.59 Å². The van der Waals surface area contributed by atoms with Crippen molar-refractivity contribution in [3.05, 3.63) is 72.1 Å². The lowest BCUT2D eigenvalue weighted by atomic mass is 9.78. The number of carbonyl (C=O) groups is 2. The molecule has 0 unspecified atom stereocenters. The zero-order chi connectivity index (χ0) is 19.3. The molecule has 4 aromatic rings. The highest BCUT2D eigenvalue weighted by atomic mass is 16.2. The summed E-state index contributed by atoms with van der Waals surface area (Å²) in [5, 5.41) is 2.11. The first kappa shape index (κ1) is 17.3. The zero-order valence-electron chi connectivity index (χ0n) is 16.0. The van der Waals surface area contributed by atoms with E-state index in [2.05, 4.69) is 26.0 Å². The molecule has 2 heterocycles. The van der Waals surface area contributed by atoms with Gasteiger partial charge in [-0.3, -0.25) is 18.7 Å². The lowest BCUT2D eigenvalue weighted by Gasteiger charge is -2.24. The molecule has 2 aromatic heterocycles. The van der Waals surface area contributed by atoms with Crippen LogP contribution >= 0.6 is 0 Å². The number of rotatable bonds is 2. The Morgan fingerprint density at radius 3 is 1.44 bits per heavy atom. The molecule has 4 heteroatoms. The number of nitrogens with zero attached hydrogens (tertiary/aromatic N) is 2. The minimum Gasteiger partial charge on any atom is -0.287 e. The third-order valence-corrected chi connectivity index (χ3v) is 5.45. The molecule has 4 rings (SSSR count). The first-order chi connectivity index (χ1) is 12.8. The second-order valence-corrected chi connectivity index (χ2v) is 7.52. The molecule has 0 fully saturated rings. The van der Waals surface area contributed by atoms with Gasteiger partial charge in [-0.05, 0) is 23.3 Å². The summed E-state index contributed by atoms with van der Waals surface area (Å²) < 4.78 is 3.41. The summed E-state index contributed by atoms with van der Waals surface area (Å²) in [7, 11) is 0. The van der Waals surface area contributed by atoms with Gasteiger partial charge < -0.3 is 0 Å². The van der Waals surface area contributed by atoms with Gasteiger partial charge in [0.15, 0.2) is 0 Å². The molecule has 0 saturated heterocycles. The first-order valence-corrected chi connectivity index (χ1v) is 9.05. The fourth-order valence-electron chi connectivity index (χ4n) is 4.02. The molecule has 0 aliphatic carbocycles. The van der Waals surface area contributed by atoms with Crippen LogP contribution in [0.1, 0.15) is 48.4 Å². The second kappa shape index (κ2) is 5.95. The molecule has 0 saturated carbocycles. The van der Waals surface area contributed by atoms with Crippen molar-refractivity contribution in [3.63, 3.8) is 0 Å². The predicted octanol–water partition coefficient (Wildman–Crippen LogP) is 5.24. The highest BCUT2D eigenvalue weighted by Crippen LogP contribution is 2.40. The molecule has 0 amide bonds. The summed E-state index contributed by atoms with van der Waals surface area (Å²) in [4.78, 5) is 24.3. The maximum atomic E-state index is 12.2. The highest BCUT2D eigenvalue weighted by molar-refractivity contribution is 5.97. The minimum atomic E-state index is -0.388. The summed E-state index contributed by atoms with van der Waals surface area (Å²) >= 11 is 0. The van der Waals surface area contributed by atoms with Crippen LogP contribution in [0.3, 0.4) is 0 Å². The van der Waals surface area contributed by atoms with Gasteiger partial charge in [0.25, 0.3) is 0 Å². The number of benzene rings is 2. The number of fused-ring (bicyclic) bond motifs is 2. The summed E-state index contributed by atoms with van der Waals surface area (Å²) in [5.41, 5.74) is 3.56. The summed E-state index contributed by atoms with van der Waals surface area (Å²) in [5.74, 6) is -0.0289. The molecular weight excluding hydrogens is 336 g/mol. The van der Waals surface area contributed by atoms with E-state index in [0.717, 1.165) is 32.9 Å². The lowest BCUT2D eigenvalue weighted by molar-refractivity contribution is 0.0933. The van der Waals surface area contributed by atoms with E-state index in [4.69, 9.17) is 0 Å². The van der Waals surface area contributed by atoms with Crippen LogP contribution in [-0.4, -0.2) is 20.9 Å². The van der Waals surface area contributed by atoms with Crippen LogP contribution in [0.15, 0.2) is 60.9 Å². The van der Waals surface area contributed by atoms with Crippen molar-refractivity contribution in [1.82, 2.24) is 9.13 Å². The first-order valence-electron chi connectivity index (χ1n) is 9.05. The summed E-state index contributed by atoms with van der Waals surface area (Å²) in [6, 6.07) is 15.9. The van der Waals surface area contributed by atoms with Gasteiger partial charge in [-0.15, -0.1) is 0 Å². The SMILES string of the molecule is CC(=O)n1cc(C(C)(C)c2cn(C(C)=O)c3ccccc23)c2ccccc21. The maximum Gasteiger partial charge on any atom is 0.227 e. The fourth-order valence-corrected chi connectivity index (χ4v) is 4.02. The van der Waals surface area contributed by atoms with Crippen molar-refractivity contribution in [1.29, 1.82) is 0 Å². The molecule has 0 atom stereocenters. The predicted molar refractivity (Wildman–Crippen MR) is 109 cm³/mol. The van der Waals surface area contributed by atoms with Crippen molar-refractivity contribution in [2.45, 2.75) is 33.1 Å². The van der Waals surface area contributed by atoms with Crippen LogP contribution in [0.25, 0.3) is 21.8 Å².